The van der Waals surface area contributed by atoms with Gasteiger partial charge in [0.15, 0.2) is 0 Å². The number of nitrogens with zero attached hydrogens (tertiary/aromatic N) is 5. The first-order valence-electron chi connectivity index (χ1n) is 5.85. The first kappa shape index (κ1) is 10.1. The fourth-order valence-electron chi connectivity index (χ4n) is 2.27. The van der Waals surface area contributed by atoms with Crippen LogP contribution in [0.5, 0.6) is 0 Å². The Bertz CT molecular complexity index is 888. The van der Waals surface area contributed by atoms with E-state index in [1.54, 1.807) is 16.9 Å². The molecule has 4 aromatic rings. The topological polar surface area (TPSA) is 73.5 Å². The fourth-order valence-corrected chi connectivity index (χ4v) is 2.27. The summed E-state index contributed by atoms with van der Waals surface area (Å²) in [6.07, 6.45) is 7.36. The molecule has 19 heavy (non-hydrogen) atoms. The van der Waals surface area contributed by atoms with Crippen LogP contribution in [0.3, 0.4) is 0 Å². The largest absolute Gasteiger partial charge is 0.367 e. The van der Waals surface area contributed by atoms with Gasteiger partial charge in [-0.05, 0) is 24.3 Å². The van der Waals surface area contributed by atoms with Crippen LogP contribution in [0.25, 0.3) is 22.4 Å². The quantitative estimate of drug-likeness (QED) is 0.557. The summed E-state index contributed by atoms with van der Waals surface area (Å²) in [5.41, 5.74) is 9.40. The molecule has 0 aliphatic rings. The molecule has 92 valence electrons. The molecule has 0 saturated carbocycles. The van der Waals surface area contributed by atoms with Gasteiger partial charge in [0.2, 0.25) is 5.95 Å². The molecule has 0 atom stereocenters. The maximum absolute atomic E-state index is 5.66. The lowest BCUT2D eigenvalue weighted by molar-refractivity contribution is 0.923. The lowest BCUT2D eigenvalue weighted by Crippen LogP contribution is -2.02. The Balaban J connectivity index is 2.09. The van der Waals surface area contributed by atoms with E-state index in [2.05, 4.69) is 15.1 Å². The zero-order valence-electron chi connectivity index (χ0n) is 9.93. The van der Waals surface area contributed by atoms with E-state index >= 15 is 0 Å². The number of anilines is 1. The molecule has 0 amide bonds. The maximum Gasteiger partial charge on any atom is 0.238 e. The van der Waals surface area contributed by atoms with Crippen LogP contribution < -0.4 is 5.73 Å². The normalized spacial score (nSPS) is 11.4. The van der Waals surface area contributed by atoms with E-state index in [-0.39, 0.29) is 5.95 Å². The number of pyridine rings is 1. The highest BCUT2D eigenvalue weighted by atomic mass is 15.3. The third kappa shape index (κ3) is 1.40. The Hall–Kier alpha value is -2.89. The minimum atomic E-state index is 0.250. The Morgan fingerprint density at radius 2 is 2.00 bits per heavy atom. The number of fused-ring (bicyclic) bond motifs is 2. The molecule has 0 fully saturated rings. The van der Waals surface area contributed by atoms with Crippen molar-refractivity contribution in [3.05, 3.63) is 49.1 Å². The number of nitrogen functional groups attached to an aromatic ring is 1. The molecule has 0 saturated heterocycles. The summed E-state index contributed by atoms with van der Waals surface area (Å²) in [4.78, 5) is 8.37. The predicted octanol–water partition coefficient (Wildman–Crippen LogP) is 1.63. The van der Waals surface area contributed by atoms with Crippen molar-refractivity contribution in [3.8, 4) is 11.3 Å². The van der Waals surface area contributed by atoms with E-state index < -0.39 is 0 Å². The van der Waals surface area contributed by atoms with E-state index in [9.17, 15) is 0 Å². The second-order valence-electron chi connectivity index (χ2n) is 4.25. The summed E-state index contributed by atoms with van der Waals surface area (Å²) >= 11 is 0. The molecule has 0 unspecified atom stereocenters. The van der Waals surface area contributed by atoms with Gasteiger partial charge < -0.3 is 10.1 Å². The smallest absolute Gasteiger partial charge is 0.238 e. The average molecular weight is 250 g/mol. The van der Waals surface area contributed by atoms with Crippen LogP contribution in [0.15, 0.2) is 49.1 Å². The molecule has 0 aliphatic heterocycles. The number of rotatable bonds is 1. The van der Waals surface area contributed by atoms with Crippen molar-refractivity contribution in [2.45, 2.75) is 0 Å². The monoisotopic (exact) mass is 250 g/mol. The summed E-state index contributed by atoms with van der Waals surface area (Å²) in [6, 6.07) is 7.95. The number of hydrogen-bond donors (Lipinski definition) is 1. The van der Waals surface area contributed by atoms with Gasteiger partial charge in [-0.1, -0.05) is 0 Å². The fraction of sp³-hybridized carbons (Fsp3) is 0. The van der Waals surface area contributed by atoms with Gasteiger partial charge in [-0.3, -0.25) is 0 Å². The molecule has 0 aliphatic carbocycles. The van der Waals surface area contributed by atoms with Crippen LogP contribution in [-0.4, -0.2) is 24.0 Å². The SMILES string of the molecule is Nc1ncc2ccc(-c3cccn4ccnc34)n2n1. The zero-order valence-corrected chi connectivity index (χ0v) is 9.93. The van der Waals surface area contributed by atoms with Gasteiger partial charge in [-0.25, -0.2) is 14.5 Å². The second-order valence-corrected chi connectivity index (χ2v) is 4.25. The molecular formula is C13H10N6. The van der Waals surface area contributed by atoms with Crippen molar-refractivity contribution in [1.29, 1.82) is 0 Å². The minimum absolute atomic E-state index is 0.250. The van der Waals surface area contributed by atoms with Gasteiger partial charge in [0, 0.05) is 24.2 Å². The van der Waals surface area contributed by atoms with E-state index in [4.69, 9.17) is 5.73 Å². The Morgan fingerprint density at radius 3 is 2.95 bits per heavy atom. The summed E-state index contributed by atoms with van der Waals surface area (Å²) < 4.78 is 3.76. The molecular weight excluding hydrogens is 240 g/mol. The molecule has 4 rings (SSSR count). The van der Waals surface area contributed by atoms with Gasteiger partial charge >= 0.3 is 0 Å². The molecule has 6 nitrogen and oxygen atoms in total. The van der Waals surface area contributed by atoms with E-state index in [1.807, 2.05) is 41.1 Å². The number of aromatic nitrogens is 5. The van der Waals surface area contributed by atoms with Crippen molar-refractivity contribution in [2.24, 2.45) is 0 Å². The second kappa shape index (κ2) is 3.55. The van der Waals surface area contributed by atoms with Crippen molar-refractivity contribution in [2.75, 3.05) is 5.73 Å². The van der Waals surface area contributed by atoms with Gasteiger partial charge in [-0.15, -0.1) is 5.10 Å². The van der Waals surface area contributed by atoms with Gasteiger partial charge in [0.05, 0.1) is 17.4 Å². The molecule has 2 N–H and O–H groups in total. The summed E-state index contributed by atoms with van der Waals surface area (Å²) in [5, 5.41) is 4.25. The maximum atomic E-state index is 5.66. The molecule has 4 heterocycles. The zero-order chi connectivity index (χ0) is 12.8. The lowest BCUT2D eigenvalue weighted by atomic mass is 10.2. The highest BCUT2D eigenvalue weighted by Gasteiger charge is 2.10. The van der Waals surface area contributed by atoms with Gasteiger partial charge in [0.25, 0.3) is 0 Å². The Kier molecular flexibility index (Phi) is 1.88. The molecule has 0 spiro atoms. The molecule has 4 aromatic heterocycles. The van der Waals surface area contributed by atoms with Crippen LogP contribution in [0.2, 0.25) is 0 Å². The molecule has 0 bridgehead atoms. The Labute approximate surface area is 108 Å². The van der Waals surface area contributed by atoms with E-state index in [0.29, 0.717) is 0 Å². The van der Waals surface area contributed by atoms with Gasteiger partial charge in [-0.2, -0.15) is 0 Å². The first-order chi connectivity index (χ1) is 9.33. The lowest BCUT2D eigenvalue weighted by Gasteiger charge is -2.04. The minimum Gasteiger partial charge on any atom is -0.367 e. The Morgan fingerprint density at radius 1 is 1.05 bits per heavy atom. The van der Waals surface area contributed by atoms with Crippen molar-refractivity contribution < 1.29 is 0 Å². The van der Waals surface area contributed by atoms with Crippen LogP contribution in [0.4, 0.5) is 5.95 Å². The molecule has 6 heteroatoms. The first-order valence-corrected chi connectivity index (χ1v) is 5.85. The average Bonchev–Trinajstić information content (AvgIpc) is 3.03. The third-order valence-corrected chi connectivity index (χ3v) is 3.11. The highest BCUT2D eigenvalue weighted by molar-refractivity contribution is 5.77. The summed E-state index contributed by atoms with van der Waals surface area (Å²) in [7, 11) is 0. The van der Waals surface area contributed by atoms with Crippen LogP contribution in [0.1, 0.15) is 0 Å². The summed E-state index contributed by atoms with van der Waals surface area (Å²) in [6.45, 7) is 0. The van der Waals surface area contributed by atoms with Crippen molar-refractivity contribution in [1.82, 2.24) is 24.0 Å². The summed E-state index contributed by atoms with van der Waals surface area (Å²) in [5.74, 6) is 0.250. The van der Waals surface area contributed by atoms with E-state index in [1.165, 1.54) is 0 Å². The van der Waals surface area contributed by atoms with Gasteiger partial charge in [0.1, 0.15) is 5.65 Å². The highest BCUT2D eigenvalue weighted by Crippen LogP contribution is 2.25. The molecule has 0 aromatic carbocycles. The van der Waals surface area contributed by atoms with Crippen LogP contribution >= 0.6 is 0 Å². The number of imidazole rings is 1. The van der Waals surface area contributed by atoms with Crippen molar-refractivity contribution >= 4 is 17.1 Å². The standard InChI is InChI=1S/C13H10N6/c14-13-16-8-9-3-4-11(19(9)17-13)10-2-1-6-18-7-5-15-12(10)18/h1-8H,(H2,14,17). The van der Waals surface area contributed by atoms with Crippen LogP contribution in [-0.2, 0) is 0 Å². The van der Waals surface area contributed by atoms with Crippen LogP contribution in [0, 0.1) is 0 Å². The van der Waals surface area contributed by atoms with E-state index in [0.717, 1.165) is 22.4 Å². The predicted molar refractivity (Wildman–Crippen MR) is 71.6 cm³/mol. The molecule has 0 radical (unpaired) electrons. The number of hydrogen-bond acceptors (Lipinski definition) is 4. The third-order valence-electron chi connectivity index (χ3n) is 3.11. The number of nitrogens with two attached hydrogens (primary N) is 1. The van der Waals surface area contributed by atoms with Crippen molar-refractivity contribution in [3.63, 3.8) is 0 Å².